The zero-order valence-electron chi connectivity index (χ0n) is 14.5. The first kappa shape index (κ1) is 16.9. The summed E-state index contributed by atoms with van der Waals surface area (Å²) in [5, 5.41) is 6.77. The van der Waals surface area contributed by atoms with Gasteiger partial charge in [-0.2, -0.15) is 4.98 Å². The van der Waals surface area contributed by atoms with E-state index < -0.39 is 0 Å². The SMILES string of the molecule is CC(=O)c1ccc(NC(=O)N2CCC[C@@H]2c2nc(N(C)C)no2)cc1. The number of hydrogen-bond acceptors (Lipinski definition) is 6. The second-order valence-corrected chi connectivity index (χ2v) is 6.24. The molecule has 1 fully saturated rings. The van der Waals surface area contributed by atoms with E-state index >= 15 is 0 Å². The Kier molecular flexibility index (Phi) is 4.69. The average molecular weight is 343 g/mol. The number of urea groups is 1. The molecule has 2 amide bonds. The van der Waals surface area contributed by atoms with Crippen LogP contribution >= 0.6 is 0 Å². The van der Waals surface area contributed by atoms with Gasteiger partial charge in [0, 0.05) is 31.9 Å². The summed E-state index contributed by atoms with van der Waals surface area (Å²) in [5.41, 5.74) is 1.25. The number of nitrogens with one attached hydrogen (secondary N) is 1. The molecule has 0 spiro atoms. The van der Waals surface area contributed by atoms with Gasteiger partial charge in [0.2, 0.25) is 0 Å². The van der Waals surface area contributed by atoms with Gasteiger partial charge in [0.15, 0.2) is 5.78 Å². The van der Waals surface area contributed by atoms with Gasteiger partial charge in [-0.1, -0.05) is 0 Å². The minimum atomic E-state index is -0.224. The number of likely N-dealkylation sites (tertiary alicyclic amines) is 1. The van der Waals surface area contributed by atoms with Crippen LogP contribution in [-0.2, 0) is 0 Å². The number of amides is 2. The molecule has 132 valence electrons. The third-order valence-corrected chi connectivity index (χ3v) is 4.17. The van der Waals surface area contributed by atoms with Gasteiger partial charge in [-0.15, -0.1) is 0 Å². The molecule has 0 bridgehead atoms. The summed E-state index contributed by atoms with van der Waals surface area (Å²) in [4.78, 5) is 31.7. The van der Waals surface area contributed by atoms with Crippen LogP contribution in [0.15, 0.2) is 28.8 Å². The van der Waals surface area contributed by atoms with Crippen molar-refractivity contribution in [1.29, 1.82) is 0 Å². The number of carbonyl (C=O) groups excluding carboxylic acids is 2. The summed E-state index contributed by atoms with van der Waals surface area (Å²) in [6.45, 7) is 2.14. The maximum Gasteiger partial charge on any atom is 0.322 e. The van der Waals surface area contributed by atoms with Crippen LogP contribution in [0.2, 0.25) is 0 Å². The van der Waals surface area contributed by atoms with Crippen molar-refractivity contribution in [3.63, 3.8) is 0 Å². The van der Waals surface area contributed by atoms with E-state index in [0.717, 1.165) is 12.8 Å². The van der Waals surface area contributed by atoms with Crippen LogP contribution in [0.1, 0.15) is 42.1 Å². The van der Waals surface area contributed by atoms with E-state index in [0.29, 0.717) is 29.6 Å². The number of nitrogens with zero attached hydrogens (tertiary/aromatic N) is 4. The van der Waals surface area contributed by atoms with Crippen LogP contribution < -0.4 is 10.2 Å². The van der Waals surface area contributed by atoms with Crippen molar-refractivity contribution in [2.75, 3.05) is 30.9 Å². The molecular formula is C17H21N5O3. The van der Waals surface area contributed by atoms with Crippen LogP contribution in [0.4, 0.5) is 16.4 Å². The molecule has 1 aromatic heterocycles. The average Bonchev–Trinajstić information content (AvgIpc) is 3.24. The van der Waals surface area contributed by atoms with Crippen molar-refractivity contribution in [3.05, 3.63) is 35.7 Å². The van der Waals surface area contributed by atoms with Crippen molar-refractivity contribution in [2.24, 2.45) is 0 Å². The number of ketones is 1. The molecule has 1 N–H and O–H groups in total. The number of anilines is 2. The number of rotatable bonds is 4. The van der Waals surface area contributed by atoms with Crippen LogP contribution in [-0.4, -0.2) is 47.5 Å². The predicted molar refractivity (Wildman–Crippen MR) is 92.8 cm³/mol. The molecule has 1 saturated heterocycles. The Bertz CT molecular complexity index is 769. The van der Waals surface area contributed by atoms with E-state index in [1.165, 1.54) is 6.92 Å². The molecule has 8 heteroatoms. The topological polar surface area (TPSA) is 91.6 Å². The normalized spacial score (nSPS) is 16.8. The van der Waals surface area contributed by atoms with Gasteiger partial charge in [-0.05, 0) is 49.2 Å². The Balaban J connectivity index is 1.70. The van der Waals surface area contributed by atoms with E-state index in [4.69, 9.17) is 4.52 Å². The summed E-state index contributed by atoms with van der Waals surface area (Å²) in [6.07, 6.45) is 1.66. The molecule has 2 aromatic rings. The van der Waals surface area contributed by atoms with Crippen LogP contribution in [0.5, 0.6) is 0 Å². The summed E-state index contributed by atoms with van der Waals surface area (Å²) in [7, 11) is 3.66. The monoisotopic (exact) mass is 343 g/mol. The largest absolute Gasteiger partial charge is 0.344 e. The Hall–Kier alpha value is -2.90. The Morgan fingerprint density at radius 2 is 2.00 bits per heavy atom. The van der Waals surface area contributed by atoms with Gasteiger partial charge in [0.25, 0.3) is 11.8 Å². The van der Waals surface area contributed by atoms with E-state index in [1.807, 2.05) is 14.1 Å². The first-order valence-electron chi connectivity index (χ1n) is 8.15. The fraction of sp³-hybridized carbons (Fsp3) is 0.412. The molecule has 1 aliphatic heterocycles. The highest BCUT2D eigenvalue weighted by atomic mass is 16.5. The smallest absolute Gasteiger partial charge is 0.322 e. The van der Waals surface area contributed by atoms with E-state index in [1.54, 1.807) is 34.1 Å². The minimum absolute atomic E-state index is 0.00873. The minimum Gasteiger partial charge on any atom is -0.344 e. The number of hydrogen-bond donors (Lipinski definition) is 1. The Labute approximate surface area is 145 Å². The number of carbonyl (C=O) groups is 2. The van der Waals surface area contributed by atoms with Crippen molar-refractivity contribution < 1.29 is 14.1 Å². The molecular weight excluding hydrogens is 322 g/mol. The number of aromatic nitrogens is 2. The Morgan fingerprint density at radius 3 is 2.60 bits per heavy atom. The molecule has 0 radical (unpaired) electrons. The van der Waals surface area contributed by atoms with Gasteiger partial charge in [0.1, 0.15) is 6.04 Å². The van der Waals surface area contributed by atoms with E-state index in [-0.39, 0.29) is 17.9 Å². The van der Waals surface area contributed by atoms with Gasteiger partial charge in [-0.25, -0.2) is 4.79 Å². The van der Waals surface area contributed by atoms with Crippen LogP contribution in [0, 0.1) is 0 Å². The standard InChI is InChI=1S/C17H21N5O3/c1-11(23)12-6-8-13(9-7-12)18-17(24)22-10-4-5-14(22)15-19-16(20-25-15)21(2)3/h6-9,14H,4-5,10H2,1-3H3,(H,18,24)/t14-/m1/s1. The second-order valence-electron chi connectivity index (χ2n) is 6.24. The van der Waals surface area contributed by atoms with Crippen LogP contribution in [0.3, 0.4) is 0 Å². The van der Waals surface area contributed by atoms with Gasteiger partial charge in [0.05, 0.1) is 0 Å². The Morgan fingerprint density at radius 1 is 1.28 bits per heavy atom. The van der Waals surface area contributed by atoms with Crippen LogP contribution in [0.25, 0.3) is 0 Å². The second kappa shape index (κ2) is 6.92. The quantitative estimate of drug-likeness (QED) is 0.858. The lowest BCUT2D eigenvalue weighted by Gasteiger charge is -2.22. The van der Waals surface area contributed by atoms with Gasteiger partial charge < -0.3 is 19.6 Å². The first-order valence-corrected chi connectivity index (χ1v) is 8.15. The molecule has 0 unspecified atom stereocenters. The highest BCUT2D eigenvalue weighted by Crippen LogP contribution is 2.32. The van der Waals surface area contributed by atoms with Gasteiger partial charge >= 0.3 is 6.03 Å². The van der Waals surface area contributed by atoms with Gasteiger partial charge in [-0.3, -0.25) is 4.79 Å². The lowest BCUT2D eigenvalue weighted by Crippen LogP contribution is -2.34. The maximum absolute atomic E-state index is 12.6. The summed E-state index contributed by atoms with van der Waals surface area (Å²) >= 11 is 0. The van der Waals surface area contributed by atoms with Crippen molar-refractivity contribution in [2.45, 2.75) is 25.8 Å². The lowest BCUT2D eigenvalue weighted by atomic mass is 10.1. The summed E-state index contributed by atoms with van der Waals surface area (Å²) in [6, 6.07) is 6.38. The zero-order chi connectivity index (χ0) is 18.0. The molecule has 25 heavy (non-hydrogen) atoms. The molecule has 3 rings (SSSR count). The molecule has 1 aromatic carbocycles. The number of Topliss-reactive ketones (excluding diaryl/α,β-unsaturated/α-hetero) is 1. The van der Waals surface area contributed by atoms with Crippen molar-refractivity contribution >= 4 is 23.5 Å². The predicted octanol–water partition coefficient (Wildman–Crippen LogP) is 2.71. The molecule has 0 aliphatic carbocycles. The summed E-state index contributed by atoms with van der Waals surface area (Å²) in [5.74, 6) is 0.927. The highest BCUT2D eigenvalue weighted by molar-refractivity contribution is 5.95. The molecule has 2 heterocycles. The first-order chi connectivity index (χ1) is 12.0. The molecule has 8 nitrogen and oxygen atoms in total. The maximum atomic E-state index is 12.6. The van der Waals surface area contributed by atoms with E-state index in [9.17, 15) is 9.59 Å². The highest BCUT2D eigenvalue weighted by Gasteiger charge is 2.34. The third-order valence-electron chi connectivity index (χ3n) is 4.17. The zero-order valence-corrected chi connectivity index (χ0v) is 14.5. The van der Waals surface area contributed by atoms with Crippen molar-refractivity contribution in [1.82, 2.24) is 15.0 Å². The third kappa shape index (κ3) is 3.62. The number of benzene rings is 1. The fourth-order valence-electron chi connectivity index (χ4n) is 2.79. The lowest BCUT2D eigenvalue weighted by molar-refractivity contribution is 0.101. The van der Waals surface area contributed by atoms with E-state index in [2.05, 4.69) is 15.5 Å². The van der Waals surface area contributed by atoms with Crippen molar-refractivity contribution in [3.8, 4) is 0 Å². The molecule has 1 atom stereocenters. The molecule has 1 aliphatic rings. The fourth-order valence-corrected chi connectivity index (χ4v) is 2.79. The summed E-state index contributed by atoms with van der Waals surface area (Å²) < 4.78 is 5.32. The molecule has 0 saturated carbocycles.